The molecule has 1 aliphatic rings. The van der Waals surface area contributed by atoms with Crippen LogP contribution < -0.4 is 5.32 Å². The van der Waals surface area contributed by atoms with Gasteiger partial charge in [0.2, 0.25) is 5.13 Å². The van der Waals surface area contributed by atoms with Crippen LogP contribution in [-0.4, -0.2) is 21.1 Å². The monoisotopic (exact) mass is 356 g/mol. The minimum Gasteiger partial charge on any atom is -0.295 e. The van der Waals surface area contributed by atoms with Crippen LogP contribution in [0.3, 0.4) is 0 Å². The Morgan fingerprint density at radius 3 is 2.77 bits per heavy atom. The Morgan fingerprint density at radius 2 is 2.14 bits per heavy atom. The van der Waals surface area contributed by atoms with Gasteiger partial charge in [0.1, 0.15) is 10.7 Å². The predicted octanol–water partition coefficient (Wildman–Crippen LogP) is 4.37. The molecule has 5 nitrogen and oxygen atoms in total. The van der Waals surface area contributed by atoms with Gasteiger partial charge in [-0.05, 0) is 25.2 Å². The second-order valence-corrected chi connectivity index (χ2v) is 8.54. The van der Waals surface area contributed by atoms with Gasteiger partial charge >= 0.3 is 0 Å². The number of anilines is 1. The second-order valence-electron chi connectivity index (χ2n) is 5.86. The van der Waals surface area contributed by atoms with E-state index in [1.165, 1.54) is 41.9 Å². The number of carbonyl (C=O) groups excluding carboxylic acids is 1. The minimum atomic E-state index is -0.255. The number of nitrogens with zero attached hydrogens (tertiary/aromatic N) is 3. The van der Waals surface area contributed by atoms with Gasteiger partial charge in [0, 0.05) is 10.8 Å². The van der Waals surface area contributed by atoms with E-state index in [1.807, 2.05) is 0 Å². The van der Waals surface area contributed by atoms with Crippen LogP contribution in [0.5, 0.6) is 0 Å². The molecule has 0 aliphatic heterocycles. The molecule has 0 spiro atoms. The van der Waals surface area contributed by atoms with Gasteiger partial charge in [0.25, 0.3) is 5.91 Å². The average molecular weight is 357 g/mol. The first-order valence-electron chi connectivity index (χ1n) is 7.33. The largest absolute Gasteiger partial charge is 0.295 e. The van der Waals surface area contributed by atoms with Gasteiger partial charge in [-0.2, -0.15) is 0 Å². The van der Waals surface area contributed by atoms with Crippen LogP contribution in [0, 0.1) is 5.92 Å². The summed E-state index contributed by atoms with van der Waals surface area (Å²) in [6, 6.07) is 0. The SMILES string of the molecule is CC(C)Cc1sc(Cl)nc1C(=O)Nc1nnc(C2CCC2)s1. The summed E-state index contributed by atoms with van der Waals surface area (Å²) in [5.41, 5.74) is 0.407. The van der Waals surface area contributed by atoms with E-state index in [0.29, 0.717) is 27.1 Å². The summed E-state index contributed by atoms with van der Waals surface area (Å²) >= 11 is 8.79. The maximum absolute atomic E-state index is 12.4. The lowest BCUT2D eigenvalue weighted by molar-refractivity contribution is 0.102. The summed E-state index contributed by atoms with van der Waals surface area (Å²) < 4.78 is 0.397. The molecular weight excluding hydrogens is 340 g/mol. The highest BCUT2D eigenvalue weighted by Crippen LogP contribution is 2.38. The van der Waals surface area contributed by atoms with E-state index in [9.17, 15) is 4.79 Å². The normalized spacial score (nSPS) is 15.1. The van der Waals surface area contributed by atoms with E-state index >= 15 is 0 Å². The lowest BCUT2D eigenvalue weighted by Gasteiger charge is -2.21. The molecule has 0 atom stereocenters. The summed E-state index contributed by atoms with van der Waals surface area (Å²) in [7, 11) is 0. The van der Waals surface area contributed by atoms with Gasteiger partial charge < -0.3 is 0 Å². The zero-order valence-corrected chi connectivity index (χ0v) is 14.8. The Balaban J connectivity index is 1.72. The van der Waals surface area contributed by atoms with Crippen molar-refractivity contribution in [3.05, 3.63) is 20.0 Å². The Labute approximate surface area is 142 Å². The number of hydrogen-bond donors (Lipinski definition) is 1. The van der Waals surface area contributed by atoms with Crippen LogP contribution in [0.25, 0.3) is 0 Å². The number of aromatic nitrogens is 3. The van der Waals surface area contributed by atoms with Gasteiger partial charge in [-0.15, -0.1) is 21.5 Å². The number of hydrogen-bond acceptors (Lipinski definition) is 6. The van der Waals surface area contributed by atoms with E-state index in [4.69, 9.17) is 11.6 Å². The van der Waals surface area contributed by atoms with E-state index in [-0.39, 0.29) is 5.91 Å². The van der Waals surface area contributed by atoms with Gasteiger partial charge in [-0.3, -0.25) is 10.1 Å². The summed E-state index contributed by atoms with van der Waals surface area (Å²) in [4.78, 5) is 17.5. The van der Waals surface area contributed by atoms with Crippen molar-refractivity contribution in [2.24, 2.45) is 5.92 Å². The molecule has 0 unspecified atom stereocenters. The Morgan fingerprint density at radius 1 is 1.36 bits per heavy atom. The first-order chi connectivity index (χ1) is 10.5. The molecule has 3 rings (SSSR count). The summed E-state index contributed by atoms with van der Waals surface area (Å²) in [6.45, 7) is 4.20. The number of halogens is 1. The Kier molecular flexibility index (Phi) is 4.75. The zero-order chi connectivity index (χ0) is 15.7. The van der Waals surface area contributed by atoms with Crippen LogP contribution in [0.1, 0.15) is 59.4 Å². The molecular formula is C14H17ClN4OS2. The summed E-state index contributed by atoms with van der Waals surface area (Å²) in [5, 5.41) is 12.6. The van der Waals surface area contributed by atoms with Crippen LogP contribution in [-0.2, 0) is 6.42 Å². The van der Waals surface area contributed by atoms with E-state index < -0.39 is 0 Å². The van der Waals surface area contributed by atoms with Crippen molar-refractivity contribution in [1.82, 2.24) is 15.2 Å². The third kappa shape index (κ3) is 3.47. The molecule has 0 radical (unpaired) electrons. The number of thiazole rings is 1. The van der Waals surface area contributed by atoms with Crippen molar-refractivity contribution in [2.45, 2.75) is 45.4 Å². The van der Waals surface area contributed by atoms with Crippen molar-refractivity contribution in [2.75, 3.05) is 5.32 Å². The quantitative estimate of drug-likeness (QED) is 0.863. The molecule has 1 amide bonds. The zero-order valence-electron chi connectivity index (χ0n) is 12.4. The molecule has 2 heterocycles. The molecule has 2 aromatic rings. The summed E-state index contributed by atoms with van der Waals surface area (Å²) in [5.74, 6) is 0.707. The lowest BCUT2D eigenvalue weighted by atomic mass is 9.86. The fraction of sp³-hybridized carbons (Fsp3) is 0.571. The second kappa shape index (κ2) is 6.60. The smallest absolute Gasteiger partial charge is 0.277 e. The number of rotatable bonds is 5. The van der Waals surface area contributed by atoms with Crippen molar-refractivity contribution in [3.8, 4) is 0 Å². The lowest BCUT2D eigenvalue weighted by Crippen LogP contribution is -2.14. The molecule has 1 saturated carbocycles. The van der Waals surface area contributed by atoms with Crippen molar-refractivity contribution in [1.29, 1.82) is 0 Å². The molecule has 118 valence electrons. The molecule has 1 aliphatic carbocycles. The highest BCUT2D eigenvalue weighted by Gasteiger charge is 2.25. The van der Waals surface area contributed by atoms with Crippen LogP contribution in [0.2, 0.25) is 4.47 Å². The van der Waals surface area contributed by atoms with Crippen LogP contribution in [0.4, 0.5) is 5.13 Å². The molecule has 22 heavy (non-hydrogen) atoms. The fourth-order valence-electron chi connectivity index (χ4n) is 2.27. The van der Waals surface area contributed by atoms with Gasteiger partial charge in [0.15, 0.2) is 4.47 Å². The van der Waals surface area contributed by atoms with Crippen LogP contribution in [0.15, 0.2) is 0 Å². The van der Waals surface area contributed by atoms with E-state index in [0.717, 1.165) is 16.3 Å². The first-order valence-corrected chi connectivity index (χ1v) is 9.34. The van der Waals surface area contributed by atoms with Crippen molar-refractivity contribution < 1.29 is 4.79 Å². The van der Waals surface area contributed by atoms with Gasteiger partial charge in [0.05, 0.1) is 0 Å². The van der Waals surface area contributed by atoms with Gasteiger partial charge in [-0.25, -0.2) is 4.98 Å². The maximum atomic E-state index is 12.4. The first kappa shape index (κ1) is 15.8. The molecule has 0 aromatic carbocycles. The summed E-state index contributed by atoms with van der Waals surface area (Å²) in [6.07, 6.45) is 4.38. The highest BCUT2D eigenvalue weighted by atomic mass is 35.5. The Hall–Kier alpha value is -1.05. The maximum Gasteiger partial charge on any atom is 0.277 e. The molecule has 8 heteroatoms. The van der Waals surface area contributed by atoms with Gasteiger partial charge in [-0.1, -0.05) is 43.2 Å². The average Bonchev–Trinajstić information content (AvgIpc) is 2.94. The molecule has 0 bridgehead atoms. The predicted molar refractivity (Wildman–Crippen MR) is 90.1 cm³/mol. The topological polar surface area (TPSA) is 67.8 Å². The number of nitrogens with one attached hydrogen (secondary N) is 1. The molecule has 0 saturated heterocycles. The highest BCUT2D eigenvalue weighted by molar-refractivity contribution is 7.16. The standard InChI is InChI=1S/C14H17ClN4OS2/c1-7(2)6-9-10(16-13(15)21-9)11(20)17-14-19-18-12(22-14)8-4-3-5-8/h7-8H,3-6H2,1-2H3,(H,17,19,20). The third-order valence-electron chi connectivity index (χ3n) is 3.60. The fourth-order valence-corrected chi connectivity index (χ4v) is 4.53. The van der Waals surface area contributed by atoms with Crippen LogP contribution >= 0.6 is 34.3 Å². The van der Waals surface area contributed by atoms with E-state index in [2.05, 4.69) is 34.3 Å². The molecule has 2 aromatic heterocycles. The Bertz CT molecular complexity index is 678. The van der Waals surface area contributed by atoms with Crippen molar-refractivity contribution in [3.63, 3.8) is 0 Å². The number of amides is 1. The van der Waals surface area contributed by atoms with Crippen molar-refractivity contribution >= 4 is 45.3 Å². The third-order valence-corrected chi connectivity index (χ3v) is 5.78. The number of carbonyl (C=O) groups is 1. The molecule has 1 N–H and O–H groups in total. The van der Waals surface area contributed by atoms with E-state index in [1.54, 1.807) is 0 Å². The minimum absolute atomic E-state index is 0.255. The molecule has 1 fully saturated rings.